The van der Waals surface area contributed by atoms with E-state index in [0.29, 0.717) is 33.2 Å². The first-order valence-corrected chi connectivity index (χ1v) is 12.2. The number of nitrogens with zero attached hydrogens (tertiary/aromatic N) is 3. The Balaban J connectivity index is 1.52. The fraction of sp³-hybridized carbons (Fsp3) is 0.320. The molecule has 0 unspecified atom stereocenters. The summed E-state index contributed by atoms with van der Waals surface area (Å²) in [6.07, 6.45) is 4.21. The monoisotopic (exact) mass is 475 g/mol. The number of benzene rings is 2. The smallest absolute Gasteiger partial charge is 0.321 e. The molecule has 2 aromatic carbocycles. The summed E-state index contributed by atoms with van der Waals surface area (Å²) in [5.74, 6) is -0.179. The second kappa shape index (κ2) is 10.5. The lowest BCUT2D eigenvalue weighted by atomic mass is 9.86. The number of amides is 3. The lowest BCUT2D eigenvalue weighted by Crippen LogP contribution is -2.48. The van der Waals surface area contributed by atoms with Crippen LogP contribution in [0.2, 0.25) is 0 Å². The minimum Gasteiger partial charge on any atom is -0.335 e. The summed E-state index contributed by atoms with van der Waals surface area (Å²) in [6.45, 7) is 2.11. The first-order chi connectivity index (χ1) is 16.5. The van der Waals surface area contributed by atoms with Crippen molar-refractivity contribution in [1.82, 2.24) is 20.2 Å². The molecule has 0 radical (unpaired) electrons. The molecule has 2 N–H and O–H groups in total. The molecule has 3 aromatic rings. The number of fused-ring (bicyclic) bond motifs is 1. The van der Waals surface area contributed by atoms with Gasteiger partial charge in [0.2, 0.25) is 5.91 Å². The Bertz CT molecular complexity index is 1310. The largest absolute Gasteiger partial charge is 0.335 e. The van der Waals surface area contributed by atoms with Gasteiger partial charge in [0.1, 0.15) is 0 Å². The first kappa shape index (κ1) is 23.5. The van der Waals surface area contributed by atoms with Crippen molar-refractivity contribution in [2.24, 2.45) is 5.92 Å². The molecular weight excluding hydrogens is 450 g/mol. The fourth-order valence-electron chi connectivity index (χ4n) is 4.15. The zero-order chi connectivity index (χ0) is 24.1. The number of hydrogen-bond acceptors (Lipinski definition) is 6. The Morgan fingerprint density at radius 1 is 1.15 bits per heavy atom. The van der Waals surface area contributed by atoms with Crippen molar-refractivity contribution < 1.29 is 9.59 Å². The van der Waals surface area contributed by atoms with Crippen molar-refractivity contribution >= 4 is 34.6 Å². The highest BCUT2D eigenvalue weighted by molar-refractivity contribution is 7.99. The molecular formula is C25H25N5O3S. The number of aromatic nitrogens is 2. The van der Waals surface area contributed by atoms with Crippen LogP contribution in [0.25, 0.3) is 16.6 Å². The van der Waals surface area contributed by atoms with Crippen molar-refractivity contribution in [3.8, 4) is 11.8 Å². The Morgan fingerprint density at radius 2 is 1.88 bits per heavy atom. The van der Waals surface area contributed by atoms with E-state index in [1.807, 2.05) is 0 Å². The van der Waals surface area contributed by atoms with Crippen LogP contribution in [0.5, 0.6) is 0 Å². The molecule has 0 saturated heterocycles. The highest BCUT2D eigenvalue weighted by atomic mass is 32.2. The minimum absolute atomic E-state index is 0.0675. The summed E-state index contributed by atoms with van der Waals surface area (Å²) in [5.41, 5.74) is 1.25. The van der Waals surface area contributed by atoms with E-state index in [9.17, 15) is 14.4 Å². The average molecular weight is 476 g/mol. The van der Waals surface area contributed by atoms with Crippen LogP contribution < -0.4 is 16.2 Å². The zero-order valence-corrected chi connectivity index (χ0v) is 19.6. The average Bonchev–Trinajstić information content (AvgIpc) is 2.84. The van der Waals surface area contributed by atoms with Crippen molar-refractivity contribution in [1.29, 1.82) is 5.26 Å². The topological polar surface area (TPSA) is 117 Å². The number of rotatable bonds is 5. The van der Waals surface area contributed by atoms with Crippen LogP contribution in [0.3, 0.4) is 0 Å². The third-order valence-corrected chi connectivity index (χ3v) is 6.95. The highest BCUT2D eigenvalue weighted by Gasteiger charge is 2.23. The lowest BCUT2D eigenvalue weighted by Gasteiger charge is -2.29. The highest BCUT2D eigenvalue weighted by Crippen LogP contribution is 2.24. The van der Waals surface area contributed by atoms with Gasteiger partial charge >= 0.3 is 6.03 Å². The van der Waals surface area contributed by atoms with Crippen LogP contribution >= 0.6 is 11.8 Å². The summed E-state index contributed by atoms with van der Waals surface area (Å²) < 4.78 is 1.42. The number of carbonyl (C=O) groups excluding carboxylic acids is 2. The van der Waals surface area contributed by atoms with Gasteiger partial charge in [-0.05, 0) is 55.2 Å². The zero-order valence-electron chi connectivity index (χ0n) is 18.8. The van der Waals surface area contributed by atoms with Crippen LogP contribution in [0.15, 0.2) is 58.5 Å². The van der Waals surface area contributed by atoms with E-state index in [-0.39, 0.29) is 17.4 Å². The number of nitriles is 1. The van der Waals surface area contributed by atoms with E-state index in [4.69, 9.17) is 5.26 Å². The Hall–Kier alpha value is -3.64. The SMILES string of the molecule is C[C@H]1CCCC[C@H]1NC(=O)NC(=O)CSc1nc2ccccc2c(=O)n1-c1ccc(C#N)cc1. The summed E-state index contributed by atoms with van der Waals surface area (Å²) in [4.78, 5) is 42.6. The molecule has 0 spiro atoms. The Labute approximate surface area is 201 Å². The van der Waals surface area contributed by atoms with E-state index in [1.54, 1.807) is 48.5 Å². The minimum atomic E-state index is -0.500. The van der Waals surface area contributed by atoms with Gasteiger partial charge in [0.25, 0.3) is 5.56 Å². The maximum atomic E-state index is 13.3. The number of thioether (sulfide) groups is 1. The van der Waals surface area contributed by atoms with Gasteiger partial charge < -0.3 is 5.32 Å². The number of urea groups is 1. The van der Waals surface area contributed by atoms with Crippen molar-refractivity contribution in [2.75, 3.05) is 5.75 Å². The van der Waals surface area contributed by atoms with E-state index in [0.717, 1.165) is 37.4 Å². The Morgan fingerprint density at radius 3 is 2.62 bits per heavy atom. The van der Waals surface area contributed by atoms with Crippen molar-refractivity contribution in [3.05, 3.63) is 64.4 Å². The predicted octanol–water partition coefficient (Wildman–Crippen LogP) is 3.75. The van der Waals surface area contributed by atoms with E-state index < -0.39 is 11.9 Å². The maximum Gasteiger partial charge on any atom is 0.321 e. The third-order valence-electron chi connectivity index (χ3n) is 6.01. The summed E-state index contributed by atoms with van der Waals surface area (Å²) in [6, 6.07) is 15.2. The van der Waals surface area contributed by atoms with Gasteiger partial charge in [-0.15, -0.1) is 0 Å². The second-order valence-corrected chi connectivity index (χ2v) is 9.33. The summed E-state index contributed by atoms with van der Waals surface area (Å²) >= 11 is 1.07. The fourth-order valence-corrected chi connectivity index (χ4v) is 4.96. The van der Waals surface area contributed by atoms with Crippen LogP contribution in [-0.4, -0.2) is 33.3 Å². The van der Waals surface area contributed by atoms with Crippen molar-refractivity contribution in [3.63, 3.8) is 0 Å². The third kappa shape index (κ3) is 5.29. The van der Waals surface area contributed by atoms with Crippen LogP contribution in [0, 0.1) is 17.2 Å². The summed E-state index contributed by atoms with van der Waals surface area (Å²) in [5, 5.41) is 15.1. The number of para-hydroxylation sites is 1. The maximum absolute atomic E-state index is 13.3. The molecule has 0 bridgehead atoms. The summed E-state index contributed by atoms with van der Waals surface area (Å²) in [7, 11) is 0. The van der Waals surface area contributed by atoms with Crippen LogP contribution in [0.4, 0.5) is 4.79 Å². The van der Waals surface area contributed by atoms with Gasteiger partial charge in [-0.1, -0.05) is 43.7 Å². The number of imide groups is 1. The van der Waals surface area contributed by atoms with E-state index in [1.165, 1.54) is 4.57 Å². The molecule has 9 heteroatoms. The van der Waals surface area contributed by atoms with Crippen LogP contribution in [-0.2, 0) is 4.79 Å². The molecule has 1 fully saturated rings. The van der Waals surface area contributed by atoms with Crippen molar-refractivity contribution in [2.45, 2.75) is 43.8 Å². The standard InChI is InChI=1S/C25H25N5O3S/c1-16-6-2-4-8-20(16)27-24(33)29-22(31)15-34-25-28-21-9-5-3-7-19(21)23(32)30(25)18-12-10-17(14-26)11-13-18/h3,5,7,9-13,16,20H,2,4,6,8,15H2,1H3,(H2,27,29,31,33)/t16-,20+/m0/s1. The molecule has 1 heterocycles. The Kier molecular flexibility index (Phi) is 7.28. The molecule has 1 aliphatic carbocycles. The number of nitrogens with one attached hydrogen (secondary N) is 2. The molecule has 3 amide bonds. The first-order valence-electron chi connectivity index (χ1n) is 11.2. The number of hydrogen-bond donors (Lipinski definition) is 2. The van der Waals surface area contributed by atoms with E-state index >= 15 is 0 Å². The second-order valence-electron chi connectivity index (χ2n) is 8.39. The molecule has 0 aliphatic heterocycles. The molecule has 8 nitrogen and oxygen atoms in total. The normalized spacial score (nSPS) is 17.6. The van der Waals surface area contributed by atoms with Crippen LogP contribution in [0.1, 0.15) is 38.2 Å². The van der Waals surface area contributed by atoms with Gasteiger partial charge in [0.15, 0.2) is 5.16 Å². The molecule has 2 atom stereocenters. The number of carbonyl (C=O) groups is 2. The van der Waals surface area contributed by atoms with Gasteiger partial charge in [-0.25, -0.2) is 9.78 Å². The van der Waals surface area contributed by atoms with Gasteiger partial charge in [0, 0.05) is 6.04 Å². The molecule has 34 heavy (non-hydrogen) atoms. The lowest BCUT2D eigenvalue weighted by molar-refractivity contribution is -0.117. The molecule has 174 valence electrons. The van der Waals surface area contributed by atoms with Gasteiger partial charge in [0.05, 0.1) is 34.0 Å². The molecule has 1 aliphatic rings. The molecule has 4 rings (SSSR count). The van der Waals surface area contributed by atoms with Gasteiger partial charge in [-0.2, -0.15) is 5.26 Å². The molecule has 1 aromatic heterocycles. The predicted molar refractivity (Wildman–Crippen MR) is 131 cm³/mol. The van der Waals surface area contributed by atoms with Gasteiger partial charge in [-0.3, -0.25) is 19.5 Å². The van der Waals surface area contributed by atoms with E-state index in [2.05, 4.69) is 28.6 Å². The quantitative estimate of drug-likeness (QED) is 0.429. The molecule has 1 saturated carbocycles.